The molecule has 0 fully saturated rings. The van der Waals surface area contributed by atoms with E-state index >= 15 is 0 Å². The predicted octanol–water partition coefficient (Wildman–Crippen LogP) is 5.84. The largest absolute Gasteiger partial charge is 0.507 e. The Kier molecular flexibility index (Phi) is 6.20. The second kappa shape index (κ2) is 9.07. The van der Waals surface area contributed by atoms with Gasteiger partial charge >= 0.3 is 6.18 Å². The molecule has 1 heterocycles. The minimum Gasteiger partial charge on any atom is -0.507 e. The van der Waals surface area contributed by atoms with E-state index in [-0.39, 0.29) is 17.6 Å². The zero-order valence-corrected chi connectivity index (χ0v) is 17.9. The zero-order valence-electron chi connectivity index (χ0n) is 17.9. The Morgan fingerprint density at radius 1 is 0.970 bits per heavy atom. The number of anilines is 1. The van der Waals surface area contributed by atoms with E-state index in [4.69, 9.17) is 5.73 Å². The van der Waals surface area contributed by atoms with Gasteiger partial charge in [0.1, 0.15) is 11.6 Å². The highest BCUT2D eigenvalue weighted by molar-refractivity contribution is 5.91. The van der Waals surface area contributed by atoms with Crippen LogP contribution in [0.15, 0.2) is 66.7 Å². The zero-order chi connectivity index (χ0) is 23.6. The lowest BCUT2D eigenvalue weighted by molar-refractivity contribution is -0.137. The van der Waals surface area contributed by atoms with Crippen LogP contribution in [0.4, 0.5) is 19.0 Å². The number of phenols is 1. The Balaban J connectivity index is 1.80. The normalized spacial score (nSPS) is 12.6. The number of nitrogens with zero attached hydrogens (tertiary/aromatic N) is 2. The molecule has 0 aliphatic rings. The van der Waals surface area contributed by atoms with Crippen molar-refractivity contribution in [3.8, 4) is 28.3 Å². The van der Waals surface area contributed by atoms with Crippen LogP contribution in [0.2, 0.25) is 0 Å². The monoisotopic (exact) mass is 452 g/mol. The molecule has 0 amide bonds. The van der Waals surface area contributed by atoms with Gasteiger partial charge in [0, 0.05) is 18.0 Å². The summed E-state index contributed by atoms with van der Waals surface area (Å²) < 4.78 is 39.5. The minimum absolute atomic E-state index is 0.0557. The molecule has 3 aromatic carbocycles. The van der Waals surface area contributed by atoms with Crippen LogP contribution < -0.4 is 11.1 Å². The van der Waals surface area contributed by atoms with Gasteiger partial charge < -0.3 is 16.2 Å². The molecule has 0 bridgehead atoms. The Labute approximate surface area is 189 Å². The SMILES string of the molecule is CC[C@H](N)CNc1nc(-c2cc(-c3cccc(C(F)(F)F)c3)ccc2O)nc2ccccc12. The first-order chi connectivity index (χ1) is 15.8. The van der Waals surface area contributed by atoms with E-state index in [2.05, 4.69) is 15.3 Å². The van der Waals surface area contributed by atoms with Gasteiger partial charge in [-0.05, 0) is 53.9 Å². The third-order valence-electron chi connectivity index (χ3n) is 5.42. The van der Waals surface area contributed by atoms with Gasteiger partial charge in [0.2, 0.25) is 0 Å². The van der Waals surface area contributed by atoms with Gasteiger partial charge in [-0.25, -0.2) is 9.97 Å². The number of hydrogen-bond acceptors (Lipinski definition) is 5. The minimum atomic E-state index is -4.45. The summed E-state index contributed by atoms with van der Waals surface area (Å²) in [4.78, 5) is 9.20. The molecule has 1 aromatic heterocycles. The molecule has 8 heteroatoms. The maximum Gasteiger partial charge on any atom is 0.416 e. The van der Waals surface area contributed by atoms with Gasteiger partial charge in [0.15, 0.2) is 5.82 Å². The molecule has 1 atom stereocenters. The number of para-hydroxylation sites is 1. The summed E-state index contributed by atoms with van der Waals surface area (Å²) in [5.74, 6) is 0.758. The number of rotatable bonds is 6. The Hall–Kier alpha value is -3.65. The fraction of sp³-hybridized carbons (Fsp3) is 0.200. The predicted molar refractivity (Wildman–Crippen MR) is 124 cm³/mol. The number of nitrogens with one attached hydrogen (secondary N) is 1. The van der Waals surface area contributed by atoms with Crippen LogP contribution in [0, 0.1) is 0 Å². The molecule has 0 spiro atoms. The van der Waals surface area contributed by atoms with Crippen molar-refractivity contribution in [2.24, 2.45) is 5.73 Å². The van der Waals surface area contributed by atoms with E-state index < -0.39 is 11.7 Å². The summed E-state index contributed by atoms with van der Waals surface area (Å²) in [6.45, 7) is 2.50. The second-order valence-corrected chi connectivity index (χ2v) is 7.77. The molecule has 4 N–H and O–H groups in total. The third-order valence-corrected chi connectivity index (χ3v) is 5.42. The van der Waals surface area contributed by atoms with Crippen molar-refractivity contribution in [2.75, 3.05) is 11.9 Å². The fourth-order valence-electron chi connectivity index (χ4n) is 3.47. The number of aromatic nitrogens is 2. The van der Waals surface area contributed by atoms with Crippen LogP contribution in [-0.4, -0.2) is 27.7 Å². The quantitative estimate of drug-likeness (QED) is 0.342. The molecule has 0 aliphatic heterocycles. The van der Waals surface area contributed by atoms with E-state index in [1.807, 2.05) is 31.2 Å². The summed E-state index contributed by atoms with van der Waals surface area (Å²) in [6, 6.07) is 17.0. The maximum atomic E-state index is 13.2. The average Bonchev–Trinajstić information content (AvgIpc) is 2.82. The Morgan fingerprint density at radius 2 is 1.73 bits per heavy atom. The number of halogens is 3. The standard InChI is InChI=1S/C25H23F3N4O/c1-2-18(29)14-30-23-19-8-3-4-9-21(19)31-24(32-23)20-13-16(10-11-22(20)33)15-6-5-7-17(12-15)25(26,27)28/h3-13,18,33H,2,14,29H2,1H3,(H,30,31,32)/t18-/m0/s1. The van der Waals surface area contributed by atoms with Crippen LogP contribution in [0.5, 0.6) is 5.75 Å². The third kappa shape index (κ3) is 4.90. The van der Waals surface area contributed by atoms with Gasteiger partial charge in [-0.2, -0.15) is 13.2 Å². The van der Waals surface area contributed by atoms with Gasteiger partial charge in [0.05, 0.1) is 16.6 Å². The second-order valence-electron chi connectivity index (χ2n) is 7.77. The molecule has 5 nitrogen and oxygen atoms in total. The summed E-state index contributed by atoms with van der Waals surface area (Å²) in [5, 5.41) is 14.6. The smallest absolute Gasteiger partial charge is 0.416 e. The molecule has 4 rings (SSSR count). The summed E-state index contributed by atoms with van der Waals surface area (Å²) in [5.41, 5.74) is 7.16. The summed E-state index contributed by atoms with van der Waals surface area (Å²) in [7, 11) is 0. The number of fused-ring (bicyclic) bond motifs is 1. The molecule has 170 valence electrons. The lowest BCUT2D eigenvalue weighted by Crippen LogP contribution is -2.28. The van der Waals surface area contributed by atoms with E-state index in [0.717, 1.165) is 23.9 Å². The van der Waals surface area contributed by atoms with Crippen molar-refractivity contribution in [3.63, 3.8) is 0 Å². The molecule has 0 saturated heterocycles. The number of nitrogens with two attached hydrogens (primary N) is 1. The van der Waals surface area contributed by atoms with Crippen molar-refractivity contribution in [3.05, 3.63) is 72.3 Å². The fourth-order valence-corrected chi connectivity index (χ4v) is 3.47. The first-order valence-electron chi connectivity index (χ1n) is 10.5. The molecule has 4 aromatic rings. The van der Waals surface area contributed by atoms with Gasteiger partial charge in [-0.15, -0.1) is 0 Å². The average molecular weight is 452 g/mol. The van der Waals surface area contributed by atoms with E-state index in [1.165, 1.54) is 12.1 Å². The molecule has 0 aliphatic carbocycles. The highest BCUT2D eigenvalue weighted by Crippen LogP contribution is 2.36. The van der Waals surface area contributed by atoms with Gasteiger partial charge in [-0.3, -0.25) is 0 Å². The van der Waals surface area contributed by atoms with Crippen LogP contribution in [0.25, 0.3) is 33.4 Å². The highest BCUT2D eigenvalue weighted by Gasteiger charge is 2.30. The number of phenolic OH excluding ortho intramolecular Hbond substituents is 1. The van der Waals surface area contributed by atoms with Crippen molar-refractivity contribution < 1.29 is 18.3 Å². The van der Waals surface area contributed by atoms with Crippen LogP contribution in [-0.2, 0) is 6.18 Å². The first-order valence-corrected chi connectivity index (χ1v) is 10.5. The van der Waals surface area contributed by atoms with Gasteiger partial charge in [-0.1, -0.05) is 37.3 Å². The highest BCUT2D eigenvalue weighted by atomic mass is 19.4. The van der Waals surface area contributed by atoms with E-state index in [0.29, 0.717) is 34.6 Å². The lowest BCUT2D eigenvalue weighted by atomic mass is 10.00. The van der Waals surface area contributed by atoms with Gasteiger partial charge in [0.25, 0.3) is 0 Å². The van der Waals surface area contributed by atoms with Crippen LogP contribution >= 0.6 is 0 Å². The molecular formula is C25H23F3N4O. The summed E-state index contributed by atoms with van der Waals surface area (Å²) in [6.07, 6.45) is -3.65. The summed E-state index contributed by atoms with van der Waals surface area (Å²) >= 11 is 0. The number of alkyl halides is 3. The molecular weight excluding hydrogens is 429 g/mol. The molecule has 33 heavy (non-hydrogen) atoms. The molecule has 0 saturated carbocycles. The lowest BCUT2D eigenvalue weighted by Gasteiger charge is -2.15. The van der Waals surface area contributed by atoms with E-state index in [9.17, 15) is 18.3 Å². The van der Waals surface area contributed by atoms with Crippen molar-refractivity contribution in [1.29, 1.82) is 0 Å². The Bertz CT molecular complexity index is 1290. The van der Waals surface area contributed by atoms with Crippen molar-refractivity contribution in [1.82, 2.24) is 9.97 Å². The maximum absolute atomic E-state index is 13.2. The number of hydrogen-bond donors (Lipinski definition) is 3. The molecule has 0 unspecified atom stereocenters. The topological polar surface area (TPSA) is 84.1 Å². The number of aromatic hydroxyl groups is 1. The van der Waals surface area contributed by atoms with Crippen LogP contribution in [0.1, 0.15) is 18.9 Å². The van der Waals surface area contributed by atoms with E-state index in [1.54, 1.807) is 18.2 Å². The Morgan fingerprint density at radius 3 is 2.48 bits per heavy atom. The van der Waals surface area contributed by atoms with Crippen molar-refractivity contribution >= 4 is 16.7 Å². The molecule has 0 radical (unpaired) electrons. The first kappa shape index (κ1) is 22.5. The number of benzene rings is 3. The van der Waals surface area contributed by atoms with Crippen molar-refractivity contribution in [2.45, 2.75) is 25.6 Å². The van der Waals surface area contributed by atoms with Crippen LogP contribution in [0.3, 0.4) is 0 Å².